The second kappa shape index (κ2) is 7.75. The molecule has 0 unspecified atom stereocenters. The first-order valence-electron chi connectivity index (χ1n) is 10.1. The Kier molecular flexibility index (Phi) is 5.17. The minimum atomic E-state index is -0.124. The van der Waals surface area contributed by atoms with Crippen molar-refractivity contribution in [2.75, 3.05) is 26.2 Å². The van der Waals surface area contributed by atoms with Gasteiger partial charge < -0.3 is 14.8 Å². The highest BCUT2D eigenvalue weighted by molar-refractivity contribution is 5.97. The fourth-order valence-electron chi connectivity index (χ4n) is 4.13. The molecule has 0 bridgehead atoms. The van der Waals surface area contributed by atoms with Gasteiger partial charge in [-0.15, -0.1) is 0 Å². The summed E-state index contributed by atoms with van der Waals surface area (Å²) >= 11 is 0. The number of rotatable bonds is 5. The topological polar surface area (TPSA) is 71.6 Å². The Morgan fingerprint density at radius 2 is 1.96 bits per heavy atom. The van der Waals surface area contributed by atoms with Crippen molar-refractivity contribution in [1.82, 2.24) is 24.4 Å². The minimum Gasteiger partial charge on any atom is -0.352 e. The van der Waals surface area contributed by atoms with Crippen LogP contribution >= 0.6 is 0 Å². The molecule has 3 aromatic rings. The van der Waals surface area contributed by atoms with E-state index in [1.807, 2.05) is 6.07 Å². The number of amides is 1. The average Bonchev–Trinajstić information content (AvgIpc) is 3.22. The Morgan fingerprint density at radius 3 is 2.71 bits per heavy atom. The SMILES string of the molecule is CCN1CCC(CCNC(=O)c2ccc3c(c2)n(C)c(=O)c2ccnn23)CC1. The molecule has 1 aliphatic rings. The highest BCUT2D eigenvalue weighted by Crippen LogP contribution is 2.20. The van der Waals surface area contributed by atoms with Gasteiger partial charge in [-0.2, -0.15) is 5.10 Å². The van der Waals surface area contributed by atoms with Crippen molar-refractivity contribution < 1.29 is 4.79 Å². The van der Waals surface area contributed by atoms with Gasteiger partial charge >= 0.3 is 0 Å². The third kappa shape index (κ3) is 3.42. The summed E-state index contributed by atoms with van der Waals surface area (Å²) in [7, 11) is 1.72. The minimum absolute atomic E-state index is 0.0964. The predicted molar refractivity (Wildman–Crippen MR) is 110 cm³/mol. The first kappa shape index (κ1) is 18.7. The van der Waals surface area contributed by atoms with Gasteiger partial charge in [-0.25, -0.2) is 4.52 Å². The van der Waals surface area contributed by atoms with Crippen LogP contribution in [0.2, 0.25) is 0 Å². The summed E-state index contributed by atoms with van der Waals surface area (Å²) in [6.07, 6.45) is 5.05. The molecule has 1 N–H and O–H groups in total. The fourth-order valence-corrected chi connectivity index (χ4v) is 4.13. The summed E-state index contributed by atoms with van der Waals surface area (Å²) in [5, 5.41) is 7.28. The number of benzene rings is 1. The first-order valence-corrected chi connectivity index (χ1v) is 10.1. The van der Waals surface area contributed by atoms with E-state index in [2.05, 4.69) is 22.2 Å². The maximum absolute atomic E-state index is 12.6. The maximum Gasteiger partial charge on any atom is 0.276 e. The van der Waals surface area contributed by atoms with Crippen LogP contribution in [0.5, 0.6) is 0 Å². The monoisotopic (exact) mass is 381 g/mol. The van der Waals surface area contributed by atoms with Crippen LogP contribution in [-0.2, 0) is 7.05 Å². The Morgan fingerprint density at radius 1 is 1.18 bits per heavy atom. The summed E-state index contributed by atoms with van der Waals surface area (Å²) in [6.45, 7) is 6.34. The number of fused-ring (bicyclic) bond motifs is 3. The molecular formula is C21H27N5O2. The van der Waals surface area contributed by atoms with E-state index in [4.69, 9.17) is 0 Å². The number of nitrogens with zero attached hydrogens (tertiary/aromatic N) is 4. The molecule has 0 atom stereocenters. The molecule has 2 aromatic heterocycles. The zero-order chi connectivity index (χ0) is 19.7. The molecule has 0 radical (unpaired) electrons. The number of piperidine rings is 1. The molecule has 7 nitrogen and oxygen atoms in total. The molecule has 1 aliphatic heterocycles. The Balaban J connectivity index is 1.45. The molecule has 0 spiro atoms. The number of hydrogen-bond acceptors (Lipinski definition) is 4. The Bertz CT molecular complexity index is 1060. The lowest BCUT2D eigenvalue weighted by atomic mass is 9.93. The lowest BCUT2D eigenvalue weighted by Crippen LogP contribution is -2.35. The van der Waals surface area contributed by atoms with E-state index in [1.54, 1.807) is 40.5 Å². The standard InChI is InChI=1S/C21H27N5O2/c1-3-25-12-8-15(9-13-25)6-10-22-20(27)16-4-5-17-19(14-16)24(2)21(28)18-7-11-23-26(17)18/h4-5,7,11,14-15H,3,6,8-10,12-13H2,1-2H3,(H,22,27). The number of hydrogen-bond donors (Lipinski definition) is 1. The molecule has 7 heteroatoms. The maximum atomic E-state index is 12.6. The molecule has 4 rings (SSSR count). The molecule has 0 aliphatic carbocycles. The van der Waals surface area contributed by atoms with Gasteiger partial charge in [0.25, 0.3) is 11.5 Å². The second-order valence-corrected chi connectivity index (χ2v) is 7.62. The Hall–Kier alpha value is -2.67. The first-order chi connectivity index (χ1) is 13.6. The number of nitrogens with one attached hydrogen (secondary N) is 1. The van der Waals surface area contributed by atoms with Gasteiger partial charge in [0.05, 0.1) is 17.2 Å². The van der Waals surface area contributed by atoms with Gasteiger partial charge in [-0.05, 0) is 69.1 Å². The van der Waals surface area contributed by atoms with Gasteiger partial charge in [-0.3, -0.25) is 9.59 Å². The van der Waals surface area contributed by atoms with Gasteiger partial charge in [-0.1, -0.05) is 6.92 Å². The number of carbonyl (C=O) groups excluding carboxylic acids is 1. The van der Waals surface area contributed by atoms with E-state index < -0.39 is 0 Å². The van der Waals surface area contributed by atoms with E-state index in [-0.39, 0.29) is 11.5 Å². The quantitative estimate of drug-likeness (QED) is 0.734. The highest BCUT2D eigenvalue weighted by atomic mass is 16.1. The number of carbonyl (C=O) groups is 1. The van der Waals surface area contributed by atoms with Gasteiger partial charge in [0.2, 0.25) is 0 Å². The van der Waals surface area contributed by atoms with Crippen molar-refractivity contribution >= 4 is 22.5 Å². The zero-order valence-corrected chi connectivity index (χ0v) is 16.5. The number of aryl methyl sites for hydroxylation is 1. The normalized spacial score (nSPS) is 16.1. The smallest absolute Gasteiger partial charge is 0.276 e. The van der Waals surface area contributed by atoms with Crippen molar-refractivity contribution in [2.45, 2.75) is 26.2 Å². The van der Waals surface area contributed by atoms with E-state index in [0.717, 1.165) is 31.6 Å². The molecule has 28 heavy (non-hydrogen) atoms. The molecular weight excluding hydrogens is 354 g/mol. The molecule has 1 saturated heterocycles. The lowest BCUT2D eigenvalue weighted by molar-refractivity contribution is 0.0948. The zero-order valence-electron chi connectivity index (χ0n) is 16.5. The summed E-state index contributed by atoms with van der Waals surface area (Å²) in [5.74, 6) is 0.592. The second-order valence-electron chi connectivity index (χ2n) is 7.62. The molecule has 1 amide bonds. The third-order valence-corrected chi connectivity index (χ3v) is 5.99. The number of likely N-dealkylation sites (tertiary alicyclic amines) is 1. The van der Waals surface area contributed by atoms with Crippen molar-refractivity contribution in [3.8, 4) is 0 Å². The van der Waals surface area contributed by atoms with Crippen molar-refractivity contribution in [3.05, 3.63) is 46.4 Å². The summed E-state index contributed by atoms with van der Waals surface area (Å²) < 4.78 is 3.20. The summed E-state index contributed by atoms with van der Waals surface area (Å²) in [4.78, 5) is 27.6. The van der Waals surface area contributed by atoms with Crippen molar-refractivity contribution in [2.24, 2.45) is 13.0 Å². The van der Waals surface area contributed by atoms with E-state index in [9.17, 15) is 9.59 Å². The predicted octanol–water partition coefficient (Wildman–Crippen LogP) is 2.04. The van der Waals surface area contributed by atoms with E-state index >= 15 is 0 Å². The van der Waals surface area contributed by atoms with Crippen LogP contribution in [0.3, 0.4) is 0 Å². The van der Waals surface area contributed by atoms with Crippen LogP contribution in [0.1, 0.15) is 36.5 Å². The lowest BCUT2D eigenvalue weighted by Gasteiger charge is -2.31. The van der Waals surface area contributed by atoms with Crippen LogP contribution in [0.4, 0.5) is 0 Å². The van der Waals surface area contributed by atoms with Gasteiger partial charge in [0.1, 0.15) is 5.52 Å². The summed E-state index contributed by atoms with van der Waals surface area (Å²) in [6, 6.07) is 7.12. The number of aromatic nitrogens is 3. The van der Waals surface area contributed by atoms with E-state index in [0.29, 0.717) is 29.1 Å². The molecule has 148 valence electrons. The average molecular weight is 381 g/mol. The Labute approximate surface area is 163 Å². The third-order valence-electron chi connectivity index (χ3n) is 5.99. The van der Waals surface area contributed by atoms with Crippen LogP contribution in [0.15, 0.2) is 35.3 Å². The van der Waals surface area contributed by atoms with Crippen LogP contribution < -0.4 is 10.9 Å². The molecule has 1 aromatic carbocycles. The van der Waals surface area contributed by atoms with Gasteiger partial charge in [0.15, 0.2) is 0 Å². The van der Waals surface area contributed by atoms with Crippen LogP contribution in [0.25, 0.3) is 16.6 Å². The van der Waals surface area contributed by atoms with Crippen molar-refractivity contribution in [3.63, 3.8) is 0 Å². The fraction of sp³-hybridized carbons (Fsp3) is 0.476. The largest absolute Gasteiger partial charge is 0.352 e. The molecule has 1 fully saturated rings. The molecule has 0 saturated carbocycles. The van der Waals surface area contributed by atoms with Crippen LogP contribution in [0, 0.1) is 5.92 Å². The van der Waals surface area contributed by atoms with Crippen molar-refractivity contribution in [1.29, 1.82) is 0 Å². The van der Waals surface area contributed by atoms with Crippen LogP contribution in [-0.4, -0.2) is 51.2 Å². The molecule has 3 heterocycles. The summed E-state index contributed by atoms with van der Waals surface area (Å²) in [5.41, 5.74) is 2.47. The van der Waals surface area contributed by atoms with E-state index in [1.165, 1.54) is 12.8 Å². The van der Waals surface area contributed by atoms with Gasteiger partial charge in [0, 0.05) is 19.2 Å². The highest BCUT2D eigenvalue weighted by Gasteiger charge is 2.18.